The molecule has 0 radical (unpaired) electrons. The van der Waals surface area contributed by atoms with E-state index in [9.17, 15) is 9.59 Å². The first-order valence-electron chi connectivity index (χ1n) is 5.02. The van der Waals surface area contributed by atoms with Gasteiger partial charge in [-0.15, -0.1) is 0 Å². The van der Waals surface area contributed by atoms with Gasteiger partial charge in [-0.2, -0.15) is 0 Å². The highest BCUT2D eigenvalue weighted by atomic mass is 16.4. The highest BCUT2D eigenvalue weighted by molar-refractivity contribution is 5.92. The van der Waals surface area contributed by atoms with Crippen LogP contribution in [0, 0.1) is 6.92 Å². The summed E-state index contributed by atoms with van der Waals surface area (Å²) in [4.78, 5) is 25.7. The van der Waals surface area contributed by atoms with E-state index in [-0.39, 0.29) is 12.3 Å². The molecule has 2 N–H and O–H groups in total. The first kappa shape index (κ1) is 12.2. The Bertz CT molecular complexity index is 373. The van der Waals surface area contributed by atoms with Gasteiger partial charge in [-0.05, 0) is 25.0 Å². The largest absolute Gasteiger partial charge is 0.481 e. The second-order valence-electron chi connectivity index (χ2n) is 3.47. The summed E-state index contributed by atoms with van der Waals surface area (Å²) in [7, 11) is 0. The highest BCUT2D eigenvalue weighted by Crippen LogP contribution is 1.98. The zero-order chi connectivity index (χ0) is 12.0. The quantitative estimate of drug-likeness (QED) is 0.728. The third-order valence-corrected chi connectivity index (χ3v) is 2.00. The van der Waals surface area contributed by atoms with Crippen molar-refractivity contribution in [2.24, 2.45) is 0 Å². The molecular formula is C11H14N2O3. The minimum absolute atomic E-state index is 0.0571. The summed E-state index contributed by atoms with van der Waals surface area (Å²) in [6, 6.07) is 3.45. The molecule has 0 aromatic carbocycles. The third kappa shape index (κ3) is 4.08. The van der Waals surface area contributed by atoms with Gasteiger partial charge >= 0.3 is 5.97 Å². The maximum absolute atomic E-state index is 11.5. The number of aryl methyl sites for hydroxylation is 1. The lowest BCUT2D eigenvalue weighted by Gasteiger charge is -2.03. The van der Waals surface area contributed by atoms with Crippen LogP contribution in [0.2, 0.25) is 0 Å². The predicted octanol–water partition coefficient (Wildman–Crippen LogP) is 0.985. The van der Waals surface area contributed by atoms with Crippen LogP contribution in [0.4, 0.5) is 0 Å². The minimum atomic E-state index is -0.859. The number of hydrogen-bond acceptors (Lipinski definition) is 3. The number of carboxylic acids is 1. The Hall–Kier alpha value is -1.91. The molecule has 0 aliphatic rings. The molecule has 0 bridgehead atoms. The van der Waals surface area contributed by atoms with Crippen LogP contribution in [-0.2, 0) is 4.79 Å². The van der Waals surface area contributed by atoms with Gasteiger partial charge < -0.3 is 10.4 Å². The maximum atomic E-state index is 11.5. The summed E-state index contributed by atoms with van der Waals surface area (Å²) >= 11 is 0. The average Bonchev–Trinajstić information content (AvgIpc) is 2.25. The zero-order valence-electron chi connectivity index (χ0n) is 9.06. The van der Waals surface area contributed by atoms with Crippen molar-refractivity contribution in [2.75, 3.05) is 6.54 Å². The summed E-state index contributed by atoms with van der Waals surface area (Å²) in [5.74, 6) is -1.13. The van der Waals surface area contributed by atoms with Crippen LogP contribution in [0.1, 0.15) is 28.9 Å². The number of aliphatic carboxylic acids is 1. The molecule has 16 heavy (non-hydrogen) atoms. The molecule has 1 aromatic rings. The highest BCUT2D eigenvalue weighted by Gasteiger charge is 2.05. The molecule has 0 spiro atoms. The summed E-state index contributed by atoms with van der Waals surface area (Å²) < 4.78 is 0. The van der Waals surface area contributed by atoms with Gasteiger partial charge in [-0.25, -0.2) is 0 Å². The first-order chi connectivity index (χ1) is 7.59. The number of aromatic nitrogens is 1. The Kier molecular flexibility index (Phi) is 4.44. The number of carbonyl (C=O) groups is 2. The molecule has 1 rings (SSSR count). The number of hydrogen-bond donors (Lipinski definition) is 2. The summed E-state index contributed by atoms with van der Waals surface area (Å²) in [6.07, 6.45) is 2.10. The molecule has 86 valence electrons. The molecular weight excluding hydrogens is 208 g/mol. The van der Waals surface area contributed by atoms with E-state index in [0.717, 1.165) is 5.56 Å². The zero-order valence-corrected chi connectivity index (χ0v) is 9.06. The molecule has 1 heterocycles. The summed E-state index contributed by atoms with van der Waals surface area (Å²) in [6.45, 7) is 2.24. The molecule has 5 nitrogen and oxygen atoms in total. The van der Waals surface area contributed by atoms with E-state index >= 15 is 0 Å². The van der Waals surface area contributed by atoms with Crippen molar-refractivity contribution in [2.45, 2.75) is 19.8 Å². The van der Waals surface area contributed by atoms with Gasteiger partial charge in [-0.3, -0.25) is 14.6 Å². The maximum Gasteiger partial charge on any atom is 0.303 e. The molecule has 0 aliphatic heterocycles. The summed E-state index contributed by atoms with van der Waals surface area (Å²) in [5.41, 5.74) is 1.34. The van der Waals surface area contributed by atoms with Crippen LogP contribution in [0.25, 0.3) is 0 Å². The number of nitrogens with one attached hydrogen (secondary N) is 1. The number of amides is 1. The van der Waals surface area contributed by atoms with E-state index in [4.69, 9.17) is 5.11 Å². The lowest BCUT2D eigenvalue weighted by molar-refractivity contribution is -0.137. The second kappa shape index (κ2) is 5.85. The summed E-state index contributed by atoms with van der Waals surface area (Å²) in [5, 5.41) is 11.0. The van der Waals surface area contributed by atoms with Gasteiger partial charge in [0.05, 0.1) is 0 Å². The monoisotopic (exact) mass is 222 g/mol. The van der Waals surface area contributed by atoms with Crippen molar-refractivity contribution < 1.29 is 14.7 Å². The van der Waals surface area contributed by atoms with Gasteiger partial charge in [0.25, 0.3) is 5.91 Å². The van der Waals surface area contributed by atoms with Crippen LogP contribution in [-0.4, -0.2) is 28.5 Å². The van der Waals surface area contributed by atoms with Crippen LogP contribution >= 0.6 is 0 Å². The van der Waals surface area contributed by atoms with Crippen molar-refractivity contribution in [1.82, 2.24) is 10.3 Å². The van der Waals surface area contributed by atoms with Crippen LogP contribution in [0.3, 0.4) is 0 Å². The predicted molar refractivity (Wildman–Crippen MR) is 58.2 cm³/mol. The Morgan fingerprint density at radius 1 is 1.44 bits per heavy atom. The fourth-order valence-corrected chi connectivity index (χ4v) is 1.13. The Balaban J connectivity index is 2.35. The SMILES string of the molecule is Cc1ccc(C(=O)NCCCC(=O)O)nc1. The van der Waals surface area contributed by atoms with Gasteiger partial charge in [0.1, 0.15) is 5.69 Å². The van der Waals surface area contributed by atoms with E-state index in [1.165, 1.54) is 0 Å². The van der Waals surface area contributed by atoms with Gasteiger partial charge in [-0.1, -0.05) is 6.07 Å². The molecule has 0 aliphatic carbocycles. The lowest BCUT2D eigenvalue weighted by Crippen LogP contribution is -2.25. The fraction of sp³-hybridized carbons (Fsp3) is 0.364. The van der Waals surface area contributed by atoms with Gasteiger partial charge in [0.2, 0.25) is 0 Å². The normalized spacial score (nSPS) is 9.81. The molecule has 0 fully saturated rings. The Morgan fingerprint density at radius 3 is 2.75 bits per heavy atom. The van der Waals surface area contributed by atoms with Crippen molar-refractivity contribution in [3.05, 3.63) is 29.6 Å². The number of carbonyl (C=O) groups excluding carboxylic acids is 1. The van der Waals surface area contributed by atoms with Gasteiger partial charge in [0.15, 0.2) is 0 Å². The van der Waals surface area contributed by atoms with Crippen LogP contribution in [0.5, 0.6) is 0 Å². The van der Waals surface area contributed by atoms with Crippen molar-refractivity contribution in [3.63, 3.8) is 0 Å². The number of rotatable bonds is 5. The standard InChI is InChI=1S/C11H14N2O3/c1-8-4-5-9(13-7-8)11(16)12-6-2-3-10(14)15/h4-5,7H,2-3,6H2,1H3,(H,12,16)(H,14,15). The topological polar surface area (TPSA) is 79.3 Å². The lowest BCUT2D eigenvalue weighted by atomic mass is 10.2. The average molecular weight is 222 g/mol. The molecule has 1 amide bonds. The first-order valence-corrected chi connectivity index (χ1v) is 5.02. The van der Waals surface area contributed by atoms with Crippen molar-refractivity contribution in [3.8, 4) is 0 Å². The van der Waals surface area contributed by atoms with Crippen LogP contribution in [0.15, 0.2) is 18.3 Å². The third-order valence-electron chi connectivity index (χ3n) is 2.00. The smallest absolute Gasteiger partial charge is 0.303 e. The van der Waals surface area contributed by atoms with E-state index in [2.05, 4.69) is 10.3 Å². The van der Waals surface area contributed by atoms with Crippen molar-refractivity contribution >= 4 is 11.9 Å². The number of nitrogens with zero attached hydrogens (tertiary/aromatic N) is 1. The molecule has 0 saturated heterocycles. The van der Waals surface area contributed by atoms with E-state index in [1.807, 2.05) is 6.92 Å². The number of pyridine rings is 1. The molecule has 0 saturated carbocycles. The van der Waals surface area contributed by atoms with E-state index in [1.54, 1.807) is 18.3 Å². The second-order valence-corrected chi connectivity index (χ2v) is 3.47. The van der Waals surface area contributed by atoms with E-state index < -0.39 is 5.97 Å². The Morgan fingerprint density at radius 2 is 2.19 bits per heavy atom. The van der Waals surface area contributed by atoms with E-state index in [0.29, 0.717) is 18.7 Å². The molecule has 0 atom stereocenters. The van der Waals surface area contributed by atoms with Gasteiger partial charge in [0, 0.05) is 19.2 Å². The molecule has 1 aromatic heterocycles. The number of carboxylic acid groups (broad SMARTS) is 1. The minimum Gasteiger partial charge on any atom is -0.481 e. The molecule has 5 heteroatoms. The molecule has 0 unspecified atom stereocenters. The fourth-order valence-electron chi connectivity index (χ4n) is 1.13. The Labute approximate surface area is 93.5 Å². The van der Waals surface area contributed by atoms with Crippen molar-refractivity contribution in [1.29, 1.82) is 0 Å². The van der Waals surface area contributed by atoms with Crippen LogP contribution < -0.4 is 5.32 Å².